The maximum absolute atomic E-state index is 6.50. The largest absolute Gasteiger partial charge is 0.437 e. The van der Waals surface area contributed by atoms with Gasteiger partial charge in [-0.15, -0.1) is 0 Å². The predicted molar refractivity (Wildman–Crippen MR) is 513 cm³/mol. The van der Waals surface area contributed by atoms with Gasteiger partial charge in [0, 0.05) is 51.0 Å². The number of hydrogen-bond acceptors (Lipinski definition) is 7. The molecule has 0 saturated carbocycles. The summed E-state index contributed by atoms with van der Waals surface area (Å²) in [4.78, 5) is 24.5. The minimum absolute atomic E-state index is 0.162. The summed E-state index contributed by atoms with van der Waals surface area (Å²) in [5.41, 5.74) is 55.5. The molecule has 8 aromatic heterocycles. The van der Waals surface area contributed by atoms with Crippen LogP contribution >= 0.6 is 0 Å². The Kier molecular flexibility index (Phi) is 17.4. The molecule has 8 heterocycles. The van der Waals surface area contributed by atoms with Gasteiger partial charge in [-0.3, -0.25) is 0 Å². The number of nitrogens with zero attached hydrogens (tertiary/aromatic N) is 9. The molecule has 20 aromatic rings. The van der Waals surface area contributed by atoms with Gasteiger partial charge in [0.2, 0.25) is 51.3 Å². The van der Waals surface area contributed by atoms with E-state index in [2.05, 4.69) is 391 Å². The third kappa shape index (κ3) is 11.1. The molecule has 12 aliphatic carbocycles. The summed E-state index contributed by atoms with van der Waals surface area (Å²) in [6, 6.07) is 104. The summed E-state index contributed by atoms with van der Waals surface area (Å²) in [6.45, 7) is 17.3. The van der Waals surface area contributed by atoms with E-state index in [0.717, 1.165) is 60.9 Å². The van der Waals surface area contributed by atoms with Crippen LogP contribution in [-0.4, -0.2) is 24.9 Å². The van der Waals surface area contributed by atoms with Crippen molar-refractivity contribution in [3.05, 3.63) is 489 Å². The highest BCUT2D eigenvalue weighted by Crippen LogP contribution is 2.60. The number of benzene rings is 12. The van der Waals surface area contributed by atoms with Crippen LogP contribution in [0.4, 0.5) is 0 Å². The molecule has 0 spiro atoms. The second-order valence-corrected chi connectivity index (χ2v) is 37.2. The average Bonchev–Trinajstić information content (AvgIpc) is 0.965. The van der Waals surface area contributed by atoms with E-state index in [1.165, 1.54) is 196 Å². The molecule has 11 heteroatoms. The number of aromatic nitrogens is 9. The van der Waals surface area contributed by atoms with Crippen molar-refractivity contribution in [2.75, 3.05) is 0 Å². The first-order chi connectivity index (χ1) is 63.6. The van der Waals surface area contributed by atoms with Crippen molar-refractivity contribution in [3.8, 4) is 45.0 Å². The Labute approximate surface area is 756 Å². The van der Waals surface area contributed by atoms with Crippen LogP contribution < -0.4 is 18.3 Å². The van der Waals surface area contributed by atoms with Gasteiger partial charge in [0.1, 0.15) is 45.3 Å². The number of rotatable bonds is 4. The minimum Gasteiger partial charge on any atom is -0.437 e. The molecule has 0 N–H and O–H groups in total. The Morgan fingerprint density at radius 2 is 0.623 bits per heavy atom. The summed E-state index contributed by atoms with van der Waals surface area (Å²) in [5, 5.41) is 4.34. The lowest BCUT2D eigenvalue weighted by Crippen LogP contribution is -2.45. The molecule has 12 aliphatic rings. The lowest BCUT2D eigenvalue weighted by Gasteiger charge is -2.39. The highest BCUT2D eigenvalue weighted by molar-refractivity contribution is 6.10. The molecule has 11 nitrogen and oxygen atoms in total. The number of furan rings is 2. The van der Waals surface area contributed by atoms with Gasteiger partial charge >= 0.3 is 0 Å². The van der Waals surface area contributed by atoms with Gasteiger partial charge in [0.05, 0.1) is 82.3 Å². The number of hydrogen-bond donors (Lipinski definition) is 0. The summed E-state index contributed by atoms with van der Waals surface area (Å²) in [6.07, 6.45) is 7.97. The lowest BCUT2D eigenvalue weighted by atomic mass is 9.62. The Balaban J connectivity index is 0.0000000941. The standard InChI is InChI=1S/C34H27N2O.C31H22N3O.C28H25N2.C26H21N2/c1-18-17-27-25-14-13-19(2)35-34(25)37-33(27)29(20(18)3)28-16-15-26-30-21-9-5-7-11-23(21)31(32(26)36(28)4)24-12-8-6-10-22(24)30;1-17-13-14-22-23-12-7-15-32-31(23)35-30(22)25(17)24-16-33-28-26-18-8-3-5-10-20(18)27(29(28)34(24)2)21-11-6-4-9-19(21)26;1-16-13-17(2)18(3)23(14-16)24-15-29-27-25-19-9-5-7-11-21(19)26(28(27)30(24)4)22-12-8-6-10-20(22)25;1-16-9-3-4-10-17(16)22-15-27-25-23-18-11-5-7-13-20(18)24(26(25)28(22)2)21-14-8-6-12-19(21)23/h5-17,30-31H,1-4H3;3-16,26-27H,1-2H3;5-15,25-26H,1-4H3;3-15,23-24H,1-2H3/q4*+1. The van der Waals surface area contributed by atoms with Gasteiger partial charge in [-0.25, -0.2) is 24.9 Å². The summed E-state index contributed by atoms with van der Waals surface area (Å²) >= 11 is 0. The van der Waals surface area contributed by atoms with Crippen molar-refractivity contribution in [2.24, 2.45) is 28.2 Å². The van der Waals surface area contributed by atoms with E-state index in [1.54, 1.807) is 6.20 Å². The maximum Gasteiger partial charge on any atom is 0.235 e. The molecule has 0 radical (unpaired) electrons. The monoisotopic (exact) mass is 1680 g/mol. The number of aryl methyl sites for hydroxylation is 6. The molecule has 0 atom stereocenters. The van der Waals surface area contributed by atoms with Crippen molar-refractivity contribution < 1.29 is 27.1 Å². The number of pyridine rings is 3. The number of fused-ring (bicyclic) bond motifs is 6. The topological polar surface area (TPSA) is 106 Å². The zero-order chi connectivity index (χ0) is 87.7. The van der Waals surface area contributed by atoms with E-state index < -0.39 is 0 Å². The van der Waals surface area contributed by atoms with Crippen molar-refractivity contribution in [3.63, 3.8) is 0 Å². The lowest BCUT2D eigenvalue weighted by molar-refractivity contribution is -0.670. The smallest absolute Gasteiger partial charge is 0.235 e. The van der Waals surface area contributed by atoms with E-state index in [4.69, 9.17) is 28.8 Å². The van der Waals surface area contributed by atoms with Crippen LogP contribution in [-0.2, 0) is 28.2 Å². The fraction of sp³-hybridized carbons (Fsp3) is 0.168. The molecule has 32 rings (SSSR count). The van der Waals surface area contributed by atoms with Crippen LogP contribution in [0.15, 0.2) is 319 Å². The first-order valence-electron chi connectivity index (χ1n) is 45.7. The Morgan fingerprint density at radius 1 is 0.246 bits per heavy atom. The second-order valence-electron chi connectivity index (χ2n) is 37.2. The van der Waals surface area contributed by atoms with E-state index in [1.807, 2.05) is 19.2 Å². The third-order valence-electron chi connectivity index (χ3n) is 30.5. The van der Waals surface area contributed by atoms with Crippen molar-refractivity contribution in [1.29, 1.82) is 0 Å². The van der Waals surface area contributed by atoms with Gasteiger partial charge in [0.15, 0.2) is 16.9 Å². The third-order valence-corrected chi connectivity index (χ3v) is 30.5. The van der Waals surface area contributed by atoms with Gasteiger partial charge in [-0.2, -0.15) is 18.3 Å². The summed E-state index contributed by atoms with van der Waals surface area (Å²) in [7, 11) is 8.84. The Hall–Kier alpha value is -15.1. The van der Waals surface area contributed by atoms with E-state index in [9.17, 15) is 0 Å². The average molecular weight is 1680 g/mol. The molecule has 12 aromatic carbocycles. The maximum atomic E-state index is 6.50. The molecule has 0 unspecified atom stereocenters. The summed E-state index contributed by atoms with van der Waals surface area (Å²) in [5.74, 6) is 1.74. The zero-order valence-corrected chi connectivity index (χ0v) is 74.9. The van der Waals surface area contributed by atoms with Crippen LogP contribution in [0.25, 0.3) is 89.2 Å². The normalized spacial score (nSPS) is 17.7. The van der Waals surface area contributed by atoms with Crippen molar-refractivity contribution in [1.82, 2.24) is 24.9 Å². The minimum atomic E-state index is 0.162. The van der Waals surface area contributed by atoms with Crippen molar-refractivity contribution in [2.45, 2.75) is 103 Å². The van der Waals surface area contributed by atoms with Crippen LogP contribution in [0.2, 0.25) is 0 Å². The first-order valence-corrected chi connectivity index (χ1v) is 45.7. The van der Waals surface area contributed by atoms with Gasteiger partial charge in [-0.1, -0.05) is 236 Å². The molecule has 0 fully saturated rings. The molecule has 0 saturated heterocycles. The quantitative estimate of drug-likeness (QED) is 0.162. The molecular formula is C119H95N9O2+4. The first kappa shape index (κ1) is 77.3. The van der Waals surface area contributed by atoms with Gasteiger partial charge in [0.25, 0.3) is 0 Å². The molecule has 0 aliphatic heterocycles. The highest BCUT2D eigenvalue weighted by atomic mass is 16.3. The Bertz CT molecular complexity index is 8120. The van der Waals surface area contributed by atoms with E-state index in [-0.39, 0.29) is 47.3 Å². The Morgan fingerprint density at radius 3 is 1.10 bits per heavy atom. The van der Waals surface area contributed by atoms with E-state index in [0.29, 0.717) is 11.4 Å². The second kappa shape index (κ2) is 29.2. The molecular weight excluding hydrogens is 1590 g/mol. The van der Waals surface area contributed by atoms with Gasteiger partial charge in [-0.05, 0) is 226 Å². The van der Waals surface area contributed by atoms with Crippen LogP contribution in [0.1, 0.15) is 226 Å². The fourth-order valence-corrected chi connectivity index (χ4v) is 24.4. The molecule has 0 amide bonds. The SMILES string of the molecule is Cc1cc(C)c(C)c(-c2cnc3c([n+]2C)C2c4ccccc4C3c3ccccc32)c1.Cc1ccc2c(n1)oc1c(-c3ccc4c([n+]3C)C3c5ccccc5C4c4ccccc43)c(C)c(C)cc12.Cc1ccc2c(oc3ncccc32)c1-c1cnc2c([n+]1C)C1c3ccccc3C2c2ccccc21.Cc1ccccc1-c1cnc2c([n+]1C)C1c3ccccc3C2c2ccccc21. The van der Waals surface area contributed by atoms with Gasteiger partial charge < -0.3 is 8.83 Å². The van der Waals surface area contributed by atoms with Crippen molar-refractivity contribution >= 4 is 44.1 Å². The molecule has 130 heavy (non-hydrogen) atoms. The molecule has 624 valence electrons. The van der Waals surface area contributed by atoms with Crippen LogP contribution in [0.5, 0.6) is 0 Å². The highest BCUT2D eigenvalue weighted by Gasteiger charge is 2.53. The molecule has 8 bridgehead atoms. The van der Waals surface area contributed by atoms with E-state index >= 15 is 0 Å². The summed E-state index contributed by atoms with van der Waals surface area (Å²) < 4.78 is 22.4. The zero-order valence-electron chi connectivity index (χ0n) is 74.9. The predicted octanol–water partition coefficient (Wildman–Crippen LogP) is 23.9. The van der Waals surface area contributed by atoms with Crippen LogP contribution in [0, 0.1) is 55.4 Å². The fourth-order valence-electron chi connectivity index (χ4n) is 24.4. The van der Waals surface area contributed by atoms with Crippen LogP contribution in [0.3, 0.4) is 0 Å².